The minimum atomic E-state index is -1.23. The highest BCUT2D eigenvalue weighted by atomic mass is 16.4. The van der Waals surface area contributed by atoms with Gasteiger partial charge < -0.3 is 15.5 Å². The normalized spacial score (nSPS) is 12.8. The molecular weight excluding hydrogens is 270 g/mol. The third-order valence-corrected chi connectivity index (χ3v) is 3.04. The Morgan fingerprint density at radius 2 is 1.90 bits per heavy atom. The number of carboxylic acids is 1. The zero-order chi connectivity index (χ0) is 16.2. The van der Waals surface area contributed by atoms with Gasteiger partial charge in [0.25, 0.3) is 0 Å². The molecule has 1 aromatic carbocycles. The van der Waals surface area contributed by atoms with Crippen LogP contribution in [0.15, 0.2) is 18.2 Å². The zero-order valence-corrected chi connectivity index (χ0v) is 12.9. The van der Waals surface area contributed by atoms with Gasteiger partial charge in [0.15, 0.2) is 5.75 Å². The summed E-state index contributed by atoms with van der Waals surface area (Å²) in [4.78, 5) is 22.9. The van der Waals surface area contributed by atoms with Crippen molar-refractivity contribution in [1.82, 2.24) is 0 Å². The molecule has 0 fully saturated rings. The van der Waals surface area contributed by atoms with Gasteiger partial charge in [-0.05, 0) is 29.9 Å². The van der Waals surface area contributed by atoms with Crippen molar-refractivity contribution in [3.63, 3.8) is 0 Å². The fourth-order valence-electron chi connectivity index (χ4n) is 2.45. The molecule has 1 unspecified atom stereocenters. The van der Waals surface area contributed by atoms with Crippen molar-refractivity contribution in [3.05, 3.63) is 23.8 Å². The number of carbonyl (C=O) groups excluding carboxylic acids is 1. The van der Waals surface area contributed by atoms with E-state index in [1.807, 2.05) is 6.92 Å². The first-order valence-electron chi connectivity index (χ1n) is 6.95. The van der Waals surface area contributed by atoms with Gasteiger partial charge in [0.1, 0.15) is 5.56 Å². The van der Waals surface area contributed by atoms with E-state index in [1.165, 1.54) is 18.2 Å². The molecule has 0 aliphatic carbocycles. The lowest BCUT2D eigenvalue weighted by molar-refractivity contribution is -0.117. The van der Waals surface area contributed by atoms with Crippen LogP contribution in [0.1, 0.15) is 50.9 Å². The number of nitrogens with one attached hydrogen (secondary N) is 1. The van der Waals surface area contributed by atoms with Crippen LogP contribution in [0.5, 0.6) is 5.75 Å². The molecule has 0 aliphatic rings. The number of hydrogen-bond donors (Lipinski definition) is 3. The van der Waals surface area contributed by atoms with Crippen molar-refractivity contribution < 1.29 is 19.8 Å². The number of para-hydroxylation sites is 1. The van der Waals surface area contributed by atoms with E-state index in [4.69, 9.17) is 5.11 Å². The fraction of sp³-hybridized carbons (Fsp3) is 0.500. The van der Waals surface area contributed by atoms with E-state index in [0.717, 1.165) is 6.42 Å². The molecule has 0 radical (unpaired) electrons. The largest absolute Gasteiger partial charge is 0.505 e. The van der Waals surface area contributed by atoms with E-state index in [9.17, 15) is 14.7 Å². The molecule has 5 heteroatoms. The van der Waals surface area contributed by atoms with Crippen LogP contribution in [-0.4, -0.2) is 22.1 Å². The SMILES string of the molecule is CC(CC(=O)Nc1cccc(C(=O)O)c1O)CC(C)(C)C. The smallest absolute Gasteiger partial charge is 0.339 e. The van der Waals surface area contributed by atoms with Gasteiger partial charge in [-0.1, -0.05) is 33.8 Å². The molecule has 0 saturated carbocycles. The van der Waals surface area contributed by atoms with Crippen molar-refractivity contribution in [2.45, 2.75) is 40.5 Å². The molecule has 1 atom stereocenters. The number of carboxylic acid groups (broad SMARTS) is 1. The van der Waals surface area contributed by atoms with Crippen LogP contribution < -0.4 is 5.32 Å². The van der Waals surface area contributed by atoms with E-state index in [0.29, 0.717) is 6.42 Å². The minimum absolute atomic E-state index is 0.128. The first-order chi connectivity index (χ1) is 9.60. The summed E-state index contributed by atoms with van der Waals surface area (Å²) >= 11 is 0. The van der Waals surface area contributed by atoms with Gasteiger partial charge in [-0.3, -0.25) is 4.79 Å². The van der Waals surface area contributed by atoms with E-state index in [-0.39, 0.29) is 28.5 Å². The van der Waals surface area contributed by atoms with Gasteiger partial charge in [0.2, 0.25) is 5.91 Å². The Labute approximate surface area is 125 Å². The summed E-state index contributed by atoms with van der Waals surface area (Å²) in [5, 5.41) is 21.3. The second-order valence-corrected chi connectivity index (χ2v) is 6.63. The lowest BCUT2D eigenvalue weighted by Gasteiger charge is -2.22. The summed E-state index contributed by atoms with van der Waals surface area (Å²) in [6.45, 7) is 8.34. The highest BCUT2D eigenvalue weighted by Gasteiger charge is 2.19. The molecule has 0 aromatic heterocycles. The fourth-order valence-corrected chi connectivity index (χ4v) is 2.45. The predicted molar refractivity (Wildman–Crippen MR) is 81.5 cm³/mol. The molecule has 3 N–H and O–H groups in total. The quantitative estimate of drug-likeness (QED) is 0.725. The summed E-state index contributed by atoms with van der Waals surface area (Å²) in [7, 11) is 0. The number of benzene rings is 1. The number of anilines is 1. The standard InChI is InChI=1S/C16H23NO4/c1-10(9-16(2,3)4)8-13(18)17-12-7-5-6-11(14(12)19)15(20)21/h5-7,10,19H,8-9H2,1-4H3,(H,17,18)(H,20,21). The molecule has 0 spiro atoms. The lowest BCUT2D eigenvalue weighted by Crippen LogP contribution is -2.19. The van der Waals surface area contributed by atoms with Crippen LogP contribution in [0.25, 0.3) is 0 Å². The maximum Gasteiger partial charge on any atom is 0.339 e. The van der Waals surface area contributed by atoms with Gasteiger partial charge in [-0.2, -0.15) is 0 Å². The molecule has 0 bridgehead atoms. The van der Waals surface area contributed by atoms with E-state index in [2.05, 4.69) is 26.1 Å². The highest BCUT2D eigenvalue weighted by molar-refractivity contribution is 5.97. The molecule has 21 heavy (non-hydrogen) atoms. The zero-order valence-electron chi connectivity index (χ0n) is 12.9. The molecule has 0 aliphatic heterocycles. The number of amides is 1. The summed E-state index contributed by atoms with van der Waals surface area (Å²) in [6.07, 6.45) is 1.23. The lowest BCUT2D eigenvalue weighted by atomic mass is 9.84. The summed E-state index contributed by atoms with van der Waals surface area (Å²) in [6, 6.07) is 4.25. The Bertz CT molecular complexity index is 532. The van der Waals surface area contributed by atoms with Gasteiger partial charge in [-0.25, -0.2) is 4.79 Å². The summed E-state index contributed by atoms with van der Waals surface area (Å²) in [5.74, 6) is -1.68. The Balaban J connectivity index is 2.72. The molecule has 1 amide bonds. The molecule has 0 heterocycles. The molecule has 0 saturated heterocycles. The number of hydrogen-bond acceptors (Lipinski definition) is 3. The minimum Gasteiger partial charge on any atom is -0.505 e. The van der Waals surface area contributed by atoms with Crippen LogP contribution in [-0.2, 0) is 4.79 Å². The van der Waals surface area contributed by atoms with Crippen molar-refractivity contribution in [3.8, 4) is 5.75 Å². The molecular formula is C16H23NO4. The van der Waals surface area contributed by atoms with Crippen LogP contribution in [0.3, 0.4) is 0 Å². The first-order valence-corrected chi connectivity index (χ1v) is 6.95. The average molecular weight is 293 g/mol. The van der Waals surface area contributed by atoms with Gasteiger partial charge >= 0.3 is 5.97 Å². The van der Waals surface area contributed by atoms with E-state index in [1.54, 1.807) is 0 Å². The Kier molecular flexibility index (Phi) is 5.35. The van der Waals surface area contributed by atoms with Crippen molar-refractivity contribution >= 4 is 17.6 Å². The number of phenols is 1. The average Bonchev–Trinajstić information content (AvgIpc) is 2.28. The van der Waals surface area contributed by atoms with Crippen molar-refractivity contribution in [2.75, 3.05) is 5.32 Å². The third-order valence-electron chi connectivity index (χ3n) is 3.04. The van der Waals surface area contributed by atoms with Crippen LogP contribution in [0.2, 0.25) is 0 Å². The van der Waals surface area contributed by atoms with Crippen LogP contribution >= 0.6 is 0 Å². The second-order valence-electron chi connectivity index (χ2n) is 6.63. The molecule has 1 rings (SSSR count). The maximum atomic E-state index is 12.0. The Morgan fingerprint density at radius 3 is 2.43 bits per heavy atom. The van der Waals surface area contributed by atoms with Gasteiger partial charge in [0, 0.05) is 6.42 Å². The van der Waals surface area contributed by atoms with Crippen molar-refractivity contribution in [1.29, 1.82) is 0 Å². The molecule has 116 valence electrons. The van der Waals surface area contributed by atoms with Crippen LogP contribution in [0.4, 0.5) is 5.69 Å². The highest BCUT2D eigenvalue weighted by Crippen LogP contribution is 2.29. The molecule has 5 nitrogen and oxygen atoms in total. The topological polar surface area (TPSA) is 86.6 Å². The number of rotatable bonds is 5. The van der Waals surface area contributed by atoms with E-state index < -0.39 is 11.7 Å². The third kappa shape index (κ3) is 5.45. The number of aromatic hydroxyl groups is 1. The first kappa shape index (κ1) is 17.0. The molecule has 1 aromatic rings. The summed E-state index contributed by atoms with van der Waals surface area (Å²) in [5.41, 5.74) is 0.0452. The summed E-state index contributed by atoms with van der Waals surface area (Å²) < 4.78 is 0. The van der Waals surface area contributed by atoms with Crippen LogP contribution in [0, 0.1) is 11.3 Å². The Morgan fingerprint density at radius 1 is 1.29 bits per heavy atom. The second kappa shape index (κ2) is 6.61. The maximum absolute atomic E-state index is 12.0. The Hall–Kier alpha value is -2.04. The van der Waals surface area contributed by atoms with Crippen molar-refractivity contribution in [2.24, 2.45) is 11.3 Å². The van der Waals surface area contributed by atoms with E-state index >= 15 is 0 Å². The predicted octanol–water partition coefficient (Wildman–Crippen LogP) is 3.49. The monoisotopic (exact) mass is 293 g/mol. The van der Waals surface area contributed by atoms with Gasteiger partial charge in [-0.15, -0.1) is 0 Å². The number of carbonyl (C=O) groups is 2. The number of aromatic carboxylic acids is 1. The van der Waals surface area contributed by atoms with Gasteiger partial charge in [0.05, 0.1) is 5.69 Å².